The van der Waals surface area contributed by atoms with Crippen LogP contribution in [-0.4, -0.2) is 22.0 Å². The van der Waals surface area contributed by atoms with Crippen molar-refractivity contribution in [3.05, 3.63) is 0 Å². The molecule has 1 aromatic rings. The molecule has 1 rings (SSSR count). The van der Waals surface area contributed by atoms with E-state index in [1.165, 1.54) is 0 Å². The van der Waals surface area contributed by atoms with Crippen molar-refractivity contribution in [1.82, 2.24) is 10.2 Å². The summed E-state index contributed by atoms with van der Waals surface area (Å²) < 4.78 is 1.04. The summed E-state index contributed by atoms with van der Waals surface area (Å²) in [7, 11) is 0. The van der Waals surface area contributed by atoms with Crippen LogP contribution >= 0.6 is 23.1 Å². The van der Waals surface area contributed by atoms with Crippen molar-refractivity contribution < 1.29 is 0 Å². The fourth-order valence-corrected chi connectivity index (χ4v) is 2.72. The number of aromatic nitrogens is 2. The van der Waals surface area contributed by atoms with Gasteiger partial charge in [-0.05, 0) is 6.92 Å². The maximum Gasteiger partial charge on any atom is 0.206 e. The van der Waals surface area contributed by atoms with Crippen molar-refractivity contribution in [2.75, 3.05) is 11.9 Å². The molecule has 0 bridgehead atoms. The van der Waals surface area contributed by atoms with Gasteiger partial charge in [-0.25, -0.2) is 0 Å². The molecule has 0 spiro atoms. The van der Waals surface area contributed by atoms with E-state index in [4.69, 9.17) is 0 Å². The van der Waals surface area contributed by atoms with E-state index < -0.39 is 0 Å². The van der Waals surface area contributed by atoms with Crippen molar-refractivity contribution in [1.29, 1.82) is 0 Å². The predicted molar refractivity (Wildman–Crippen MR) is 55.1 cm³/mol. The van der Waals surface area contributed by atoms with E-state index in [0.717, 1.165) is 16.0 Å². The Labute approximate surface area is 81.0 Å². The molecule has 12 heavy (non-hydrogen) atoms. The molecule has 0 aliphatic carbocycles. The molecule has 0 aromatic carbocycles. The first-order valence-electron chi connectivity index (χ1n) is 3.96. The number of hydrogen-bond donors (Lipinski definition) is 1. The molecule has 0 unspecified atom stereocenters. The Hall–Kier alpha value is -0.290. The number of nitrogens with zero attached hydrogens (tertiary/aromatic N) is 2. The minimum Gasteiger partial charge on any atom is -0.360 e. The Bertz CT molecular complexity index is 234. The van der Waals surface area contributed by atoms with Crippen molar-refractivity contribution in [3.8, 4) is 0 Å². The molecule has 0 aliphatic heterocycles. The Morgan fingerprint density at radius 1 is 1.50 bits per heavy atom. The lowest BCUT2D eigenvalue weighted by Gasteiger charge is -1.96. The molecular formula is C7H13N3S2. The van der Waals surface area contributed by atoms with Crippen LogP contribution in [0.2, 0.25) is 0 Å². The molecule has 0 radical (unpaired) electrons. The van der Waals surface area contributed by atoms with Crippen LogP contribution in [0.25, 0.3) is 0 Å². The van der Waals surface area contributed by atoms with E-state index in [1.807, 2.05) is 0 Å². The summed E-state index contributed by atoms with van der Waals surface area (Å²) in [5.41, 5.74) is 0. The van der Waals surface area contributed by atoms with Crippen LogP contribution in [-0.2, 0) is 0 Å². The smallest absolute Gasteiger partial charge is 0.206 e. The van der Waals surface area contributed by atoms with Gasteiger partial charge in [0, 0.05) is 11.8 Å². The molecule has 5 heteroatoms. The third-order valence-electron chi connectivity index (χ3n) is 1.07. The lowest BCUT2D eigenvalue weighted by Crippen LogP contribution is -1.94. The van der Waals surface area contributed by atoms with E-state index >= 15 is 0 Å². The second-order valence-corrected chi connectivity index (χ2v) is 5.37. The minimum absolute atomic E-state index is 0.576. The first kappa shape index (κ1) is 9.80. The van der Waals surface area contributed by atoms with Gasteiger partial charge < -0.3 is 5.32 Å². The van der Waals surface area contributed by atoms with Crippen molar-refractivity contribution in [2.45, 2.75) is 30.4 Å². The number of rotatable bonds is 4. The quantitative estimate of drug-likeness (QED) is 0.763. The number of hydrogen-bond acceptors (Lipinski definition) is 5. The lowest BCUT2D eigenvalue weighted by molar-refractivity contribution is 0.993. The van der Waals surface area contributed by atoms with Crippen molar-refractivity contribution >= 4 is 28.2 Å². The zero-order valence-corrected chi connectivity index (χ0v) is 9.13. The van der Waals surface area contributed by atoms with Crippen LogP contribution in [0.5, 0.6) is 0 Å². The van der Waals surface area contributed by atoms with Gasteiger partial charge in [-0.1, -0.05) is 36.9 Å². The molecule has 1 heterocycles. The van der Waals surface area contributed by atoms with Crippen molar-refractivity contribution in [3.63, 3.8) is 0 Å². The topological polar surface area (TPSA) is 37.8 Å². The molecule has 0 saturated carbocycles. The molecule has 68 valence electrons. The normalized spacial score (nSPS) is 10.7. The van der Waals surface area contributed by atoms with Gasteiger partial charge in [0.1, 0.15) is 0 Å². The van der Waals surface area contributed by atoms with Crippen molar-refractivity contribution in [2.24, 2.45) is 0 Å². The first-order valence-corrected chi connectivity index (χ1v) is 5.66. The lowest BCUT2D eigenvalue weighted by atomic mass is 10.6. The highest BCUT2D eigenvalue weighted by Crippen LogP contribution is 2.28. The van der Waals surface area contributed by atoms with E-state index in [1.54, 1.807) is 23.1 Å². The number of nitrogens with one attached hydrogen (secondary N) is 1. The standard InChI is InChI=1S/C7H13N3S2/c1-4-8-6-9-10-7(12-6)11-5(2)3/h5H,4H2,1-3H3,(H,8,9). The van der Waals surface area contributed by atoms with Gasteiger partial charge in [-0.15, -0.1) is 10.2 Å². The molecule has 0 amide bonds. The molecule has 3 nitrogen and oxygen atoms in total. The summed E-state index contributed by atoms with van der Waals surface area (Å²) in [6.07, 6.45) is 0. The maximum absolute atomic E-state index is 4.04. The average molecular weight is 203 g/mol. The summed E-state index contributed by atoms with van der Waals surface area (Å²) >= 11 is 3.37. The molecular weight excluding hydrogens is 190 g/mol. The third kappa shape index (κ3) is 2.98. The summed E-state index contributed by atoms with van der Waals surface area (Å²) in [6, 6.07) is 0. The number of thioether (sulfide) groups is 1. The molecule has 1 N–H and O–H groups in total. The van der Waals surface area contributed by atoms with Crippen LogP contribution in [0.1, 0.15) is 20.8 Å². The van der Waals surface area contributed by atoms with Gasteiger partial charge in [0.25, 0.3) is 0 Å². The van der Waals surface area contributed by atoms with Crippen LogP contribution in [0.15, 0.2) is 4.34 Å². The maximum atomic E-state index is 4.04. The average Bonchev–Trinajstić information content (AvgIpc) is 2.36. The Morgan fingerprint density at radius 2 is 2.25 bits per heavy atom. The Morgan fingerprint density at radius 3 is 2.83 bits per heavy atom. The zero-order valence-electron chi connectivity index (χ0n) is 7.50. The summed E-state index contributed by atoms with van der Waals surface area (Å²) in [4.78, 5) is 0. The van der Waals surface area contributed by atoms with Gasteiger partial charge >= 0.3 is 0 Å². The third-order valence-corrected chi connectivity index (χ3v) is 3.04. The Kier molecular flexibility index (Phi) is 3.81. The summed E-state index contributed by atoms with van der Waals surface area (Å²) in [6.45, 7) is 7.26. The monoisotopic (exact) mass is 203 g/mol. The van der Waals surface area contributed by atoms with E-state index in [2.05, 4.69) is 36.3 Å². The van der Waals surface area contributed by atoms with Crippen LogP contribution in [0.3, 0.4) is 0 Å². The second-order valence-electron chi connectivity index (χ2n) is 2.57. The number of anilines is 1. The fourth-order valence-electron chi connectivity index (χ4n) is 0.682. The SMILES string of the molecule is CCNc1nnc(SC(C)C)s1. The van der Waals surface area contributed by atoms with Crippen LogP contribution < -0.4 is 5.32 Å². The Balaban J connectivity index is 2.52. The summed E-state index contributed by atoms with van der Waals surface area (Å²) in [5, 5.41) is 12.7. The fraction of sp³-hybridized carbons (Fsp3) is 0.714. The molecule has 1 aromatic heterocycles. The van der Waals surface area contributed by atoms with Crippen LogP contribution in [0.4, 0.5) is 5.13 Å². The minimum atomic E-state index is 0.576. The highest BCUT2D eigenvalue weighted by Gasteiger charge is 2.04. The van der Waals surface area contributed by atoms with Gasteiger partial charge in [-0.3, -0.25) is 0 Å². The molecule has 0 atom stereocenters. The molecule has 0 fully saturated rings. The van der Waals surface area contributed by atoms with Gasteiger partial charge in [0.2, 0.25) is 5.13 Å². The predicted octanol–water partition coefficient (Wildman–Crippen LogP) is 2.47. The van der Waals surface area contributed by atoms with Gasteiger partial charge in [-0.2, -0.15) is 0 Å². The van der Waals surface area contributed by atoms with Gasteiger partial charge in [0.15, 0.2) is 4.34 Å². The second kappa shape index (κ2) is 4.67. The van der Waals surface area contributed by atoms with Crippen LogP contribution in [0, 0.1) is 0 Å². The molecule has 0 saturated heterocycles. The highest BCUT2D eigenvalue weighted by molar-refractivity contribution is 8.01. The first-order chi connectivity index (χ1) is 5.72. The van der Waals surface area contributed by atoms with E-state index in [0.29, 0.717) is 5.25 Å². The zero-order chi connectivity index (χ0) is 8.97. The molecule has 0 aliphatic rings. The largest absolute Gasteiger partial charge is 0.360 e. The van der Waals surface area contributed by atoms with E-state index in [-0.39, 0.29) is 0 Å². The van der Waals surface area contributed by atoms with E-state index in [9.17, 15) is 0 Å². The highest BCUT2D eigenvalue weighted by atomic mass is 32.2. The summed E-state index contributed by atoms with van der Waals surface area (Å²) in [5.74, 6) is 0. The van der Waals surface area contributed by atoms with Gasteiger partial charge in [0.05, 0.1) is 0 Å².